The Morgan fingerprint density at radius 1 is 1.26 bits per heavy atom. The Kier molecular flexibility index (Phi) is 7.70. The van der Waals surface area contributed by atoms with Gasteiger partial charge in [-0.25, -0.2) is 13.1 Å². The summed E-state index contributed by atoms with van der Waals surface area (Å²) >= 11 is 3.31. The van der Waals surface area contributed by atoms with Crippen LogP contribution in [0.5, 0.6) is 0 Å². The van der Waals surface area contributed by atoms with Crippen molar-refractivity contribution in [3.63, 3.8) is 0 Å². The minimum Gasteiger partial charge on any atom is -0.350 e. The van der Waals surface area contributed by atoms with Crippen molar-refractivity contribution in [2.75, 3.05) is 6.54 Å². The molecule has 0 aliphatic heterocycles. The quantitative estimate of drug-likeness (QED) is 0.697. The number of benzene rings is 1. The fourth-order valence-corrected chi connectivity index (χ4v) is 3.68. The summed E-state index contributed by atoms with van der Waals surface area (Å²) in [6.45, 7) is 8.19. The molecule has 0 saturated heterocycles. The van der Waals surface area contributed by atoms with Crippen molar-refractivity contribution in [2.24, 2.45) is 5.92 Å². The maximum atomic E-state index is 12.3. The number of nitrogens with one attached hydrogen (secondary N) is 2. The van der Waals surface area contributed by atoms with Crippen LogP contribution < -0.4 is 10.0 Å². The van der Waals surface area contributed by atoms with E-state index in [0.29, 0.717) is 16.6 Å². The summed E-state index contributed by atoms with van der Waals surface area (Å²) in [6, 6.07) is 4.52. The first-order valence-electron chi connectivity index (χ1n) is 7.77. The normalized spacial score (nSPS) is 13.1. The lowest BCUT2D eigenvalue weighted by Gasteiger charge is -2.15. The molecular formula is C16H25BrN2O3S. The lowest BCUT2D eigenvalue weighted by molar-refractivity contribution is 0.0937. The molecule has 7 heteroatoms. The molecule has 1 amide bonds. The lowest BCUT2D eigenvalue weighted by atomic mass is 10.1. The Labute approximate surface area is 147 Å². The third kappa shape index (κ3) is 6.24. The molecule has 0 aliphatic rings. The summed E-state index contributed by atoms with van der Waals surface area (Å²) in [4.78, 5) is 12.4. The molecule has 1 atom stereocenters. The van der Waals surface area contributed by atoms with E-state index < -0.39 is 10.0 Å². The van der Waals surface area contributed by atoms with Crippen molar-refractivity contribution in [1.82, 2.24) is 10.0 Å². The summed E-state index contributed by atoms with van der Waals surface area (Å²) in [5, 5.41) is 2.88. The van der Waals surface area contributed by atoms with E-state index >= 15 is 0 Å². The van der Waals surface area contributed by atoms with E-state index in [4.69, 9.17) is 0 Å². The van der Waals surface area contributed by atoms with Gasteiger partial charge in [0.1, 0.15) is 0 Å². The first-order valence-corrected chi connectivity index (χ1v) is 10.0. The van der Waals surface area contributed by atoms with Gasteiger partial charge in [0.15, 0.2) is 0 Å². The van der Waals surface area contributed by atoms with Crippen molar-refractivity contribution < 1.29 is 13.2 Å². The van der Waals surface area contributed by atoms with Gasteiger partial charge in [0.25, 0.3) is 5.91 Å². The molecule has 0 heterocycles. The van der Waals surface area contributed by atoms with Gasteiger partial charge in [0.05, 0.1) is 10.5 Å². The average Bonchev–Trinajstić information content (AvgIpc) is 2.45. The molecule has 1 aromatic carbocycles. The second-order valence-corrected chi connectivity index (χ2v) is 8.67. The van der Waals surface area contributed by atoms with Crippen LogP contribution in [0.3, 0.4) is 0 Å². The summed E-state index contributed by atoms with van der Waals surface area (Å²) in [5.74, 6) is -0.0726. The zero-order chi connectivity index (χ0) is 17.6. The molecule has 0 fully saturated rings. The standard InChI is InChI=1S/C16H25BrN2O3S/c1-5-6-12(4)19-16(20)14-9-13(7-8-15(14)17)23(21,22)18-10-11(2)3/h7-9,11-12,18H,5-6,10H2,1-4H3,(H,19,20)/t12-/m1/s1. The van der Waals surface area contributed by atoms with Crippen molar-refractivity contribution in [3.8, 4) is 0 Å². The van der Waals surface area contributed by atoms with Crippen LogP contribution in [0.1, 0.15) is 50.9 Å². The zero-order valence-corrected chi connectivity index (χ0v) is 16.4. The molecule has 0 bridgehead atoms. The van der Waals surface area contributed by atoms with Gasteiger partial charge in [-0.3, -0.25) is 4.79 Å². The number of rotatable bonds is 8. The largest absolute Gasteiger partial charge is 0.350 e. The second-order valence-electron chi connectivity index (χ2n) is 6.05. The van der Waals surface area contributed by atoms with E-state index in [-0.39, 0.29) is 22.8 Å². The Morgan fingerprint density at radius 2 is 1.91 bits per heavy atom. The van der Waals surface area contributed by atoms with Crippen LogP contribution in [0.2, 0.25) is 0 Å². The van der Waals surface area contributed by atoms with Crippen molar-refractivity contribution in [1.29, 1.82) is 0 Å². The zero-order valence-electron chi connectivity index (χ0n) is 14.0. The van der Waals surface area contributed by atoms with Gasteiger partial charge in [0, 0.05) is 17.1 Å². The Bertz CT molecular complexity index is 645. The topological polar surface area (TPSA) is 75.3 Å². The Hall–Kier alpha value is -0.920. The molecule has 0 spiro atoms. The molecular weight excluding hydrogens is 380 g/mol. The predicted molar refractivity (Wildman–Crippen MR) is 96.0 cm³/mol. The fraction of sp³-hybridized carbons (Fsp3) is 0.562. The fourth-order valence-electron chi connectivity index (χ4n) is 2.01. The number of carbonyl (C=O) groups excluding carboxylic acids is 1. The average molecular weight is 405 g/mol. The number of carbonyl (C=O) groups is 1. The molecule has 0 radical (unpaired) electrons. The molecule has 5 nitrogen and oxygen atoms in total. The van der Waals surface area contributed by atoms with E-state index in [1.807, 2.05) is 27.7 Å². The summed E-state index contributed by atoms with van der Waals surface area (Å²) in [5.41, 5.74) is 0.320. The first-order chi connectivity index (χ1) is 10.7. The smallest absolute Gasteiger partial charge is 0.252 e. The molecule has 0 aromatic heterocycles. The number of hydrogen-bond acceptors (Lipinski definition) is 3. The Balaban J connectivity index is 3.01. The summed E-state index contributed by atoms with van der Waals surface area (Å²) in [6.07, 6.45) is 1.84. The van der Waals surface area contributed by atoms with Gasteiger partial charge in [0.2, 0.25) is 10.0 Å². The van der Waals surface area contributed by atoms with E-state index in [0.717, 1.165) is 12.8 Å². The number of amides is 1. The second kappa shape index (κ2) is 8.80. The maximum absolute atomic E-state index is 12.3. The molecule has 2 N–H and O–H groups in total. The predicted octanol–water partition coefficient (Wildman–Crippen LogP) is 3.30. The molecule has 1 aromatic rings. The van der Waals surface area contributed by atoms with Gasteiger partial charge < -0.3 is 5.32 Å². The van der Waals surface area contributed by atoms with E-state index in [2.05, 4.69) is 26.0 Å². The van der Waals surface area contributed by atoms with Gasteiger partial charge in [-0.1, -0.05) is 27.2 Å². The van der Waals surface area contributed by atoms with E-state index in [1.54, 1.807) is 6.07 Å². The highest BCUT2D eigenvalue weighted by atomic mass is 79.9. The van der Waals surface area contributed by atoms with Gasteiger partial charge in [-0.15, -0.1) is 0 Å². The molecule has 0 unspecified atom stereocenters. The minimum absolute atomic E-state index is 0.0405. The third-order valence-corrected chi connectivity index (χ3v) is 5.39. The molecule has 0 saturated carbocycles. The molecule has 1 rings (SSSR count). The molecule has 0 aliphatic carbocycles. The Morgan fingerprint density at radius 3 is 2.48 bits per heavy atom. The summed E-state index contributed by atoms with van der Waals surface area (Å²) in [7, 11) is -3.62. The van der Waals surface area contributed by atoms with Crippen molar-refractivity contribution >= 4 is 31.9 Å². The van der Waals surface area contributed by atoms with Gasteiger partial charge >= 0.3 is 0 Å². The van der Waals surface area contributed by atoms with Crippen LogP contribution in [0, 0.1) is 5.92 Å². The van der Waals surface area contributed by atoms with Crippen LogP contribution in [-0.4, -0.2) is 26.9 Å². The van der Waals surface area contributed by atoms with Crippen LogP contribution in [-0.2, 0) is 10.0 Å². The first kappa shape index (κ1) is 20.1. The SMILES string of the molecule is CCC[C@@H](C)NC(=O)c1cc(S(=O)(=O)NCC(C)C)ccc1Br. The van der Waals surface area contributed by atoms with Crippen LogP contribution in [0.25, 0.3) is 0 Å². The summed E-state index contributed by atoms with van der Waals surface area (Å²) < 4.78 is 27.7. The third-order valence-electron chi connectivity index (χ3n) is 3.27. The monoisotopic (exact) mass is 404 g/mol. The number of halogens is 1. The van der Waals surface area contributed by atoms with Crippen LogP contribution >= 0.6 is 15.9 Å². The molecule has 23 heavy (non-hydrogen) atoms. The number of hydrogen-bond donors (Lipinski definition) is 2. The minimum atomic E-state index is -3.62. The van der Waals surface area contributed by atoms with Gasteiger partial charge in [-0.05, 0) is 53.4 Å². The van der Waals surface area contributed by atoms with E-state index in [1.165, 1.54) is 12.1 Å². The van der Waals surface area contributed by atoms with Gasteiger partial charge in [-0.2, -0.15) is 0 Å². The maximum Gasteiger partial charge on any atom is 0.252 e. The van der Waals surface area contributed by atoms with Crippen LogP contribution in [0.15, 0.2) is 27.6 Å². The van der Waals surface area contributed by atoms with Crippen LogP contribution in [0.4, 0.5) is 0 Å². The van der Waals surface area contributed by atoms with Crippen molar-refractivity contribution in [2.45, 2.75) is 51.5 Å². The van der Waals surface area contributed by atoms with E-state index in [9.17, 15) is 13.2 Å². The number of sulfonamides is 1. The lowest BCUT2D eigenvalue weighted by Crippen LogP contribution is -2.33. The highest BCUT2D eigenvalue weighted by Crippen LogP contribution is 2.21. The highest BCUT2D eigenvalue weighted by Gasteiger charge is 2.19. The van der Waals surface area contributed by atoms with Crippen molar-refractivity contribution in [3.05, 3.63) is 28.2 Å². The highest BCUT2D eigenvalue weighted by molar-refractivity contribution is 9.10. The molecule has 130 valence electrons.